The van der Waals surface area contributed by atoms with E-state index in [0.29, 0.717) is 65.6 Å². The second-order valence-corrected chi connectivity index (χ2v) is 14.6. The van der Waals surface area contributed by atoms with Gasteiger partial charge >= 0.3 is 6.01 Å². The number of anilines is 1. The fourth-order valence-corrected chi connectivity index (χ4v) is 7.64. The van der Waals surface area contributed by atoms with Crippen LogP contribution in [-0.2, 0) is 4.74 Å². The Morgan fingerprint density at radius 2 is 2.00 bits per heavy atom. The van der Waals surface area contributed by atoms with Crippen molar-refractivity contribution in [2.45, 2.75) is 70.6 Å². The van der Waals surface area contributed by atoms with Crippen LogP contribution in [0.4, 0.5) is 10.2 Å². The maximum Gasteiger partial charge on any atom is 0.319 e. The third kappa shape index (κ3) is 6.33. The topological polar surface area (TPSA) is 88.8 Å². The standard InChI is InChI=1S/C36H44ClFN6O3/c1-5-9-23-27(37)18-28-26(19-39-44(28)29-10-6-7-17-46-29)30(23)24-11-12-25-32(31(24)38)40-34(47-22-36(14-15-36)21-42(3)4)41-33(25)43-16-8-13-35(2,45)20-43/h5,9,11-12,18-19,29,45H,6-8,10,13-17,20-22H2,1-4H3/b9-5-/t29?,35-/m1/s1. The number of fused-ring (bicyclic) bond motifs is 2. The molecule has 1 aliphatic carbocycles. The Labute approximate surface area is 280 Å². The van der Waals surface area contributed by atoms with Gasteiger partial charge in [-0.2, -0.15) is 15.1 Å². The monoisotopic (exact) mass is 662 g/mol. The molecule has 2 saturated heterocycles. The predicted octanol–water partition coefficient (Wildman–Crippen LogP) is 7.24. The lowest BCUT2D eigenvalue weighted by atomic mass is 9.93. The molecule has 0 amide bonds. The van der Waals surface area contributed by atoms with Gasteiger partial charge in [-0.05, 0) is 85.0 Å². The molecule has 1 unspecified atom stereocenters. The van der Waals surface area contributed by atoms with Gasteiger partial charge in [0, 0.05) is 59.1 Å². The Hall–Kier alpha value is -3.31. The number of benzene rings is 2. The molecule has 9 nitrogen and oxygen atoms in total. The lowest BCUT2D eigenvalue weighted by Crippen LogP contribution is -2.46. The van der Waals surface area contributed by atoms with Crippen LogP contribution >= 0.6 is 11.6 Å². The SMILES string of the molecule is C/C=C\c1c(Cl)cc2c(cnn2C2CCCCO2)c1-c1ccc2c(N3CCC[C@@](C)(O)C3)nc(OCC3(CN(C)C)CC3)nc2c1F. The molecule has 1 N–H and O–H groups in total. The van der Waals surface area contributed by atoms with Crippen LogP contribution in [0.25, 0.3) is 39.0 Å². The zero-order valence-corrected chi connectivity index (χ0v) is 28.5. The smallest absolute Gasteiger partial charge is 0.319 e. The first-order valence-electron chi connectivity index (χ1n) is 16.8. The van der Waals surface area contributed by atoms with E-state index >= 15 is 4.39 Å². The first-order chi connectivity index (χ1) is 22.6. The number of hydrogen-bond acceptors (Lipinski definition) is 8. The summed E-state index contributed by atoms with van der Waals surface area (Å²) in [6.07, 6.45) is 12.0. The van der Waals surface area contributed by atoms with Gasteiger partial charge in [0.15, 0.2) is 12.0 Å². The van der Waals surface area contributed by atoms with Crippen LogP contribution in [0, 0.1) is 11.2 Å². The summed E-state index contributed by atoms with van der Waals surface area (Å²) in [7, 11) is 4.12. The number of aliphatic hydroxyl groups is 1. The number of hydrogen-bond donors (Lipinski definition) is 1. The summed E-state index contributed by atoms with van der Waals surface area (Å²) in [5, 5.41) is 17.6. The van der Waals surface area contributed by atoms with Gasteiger partial charge < -0.3 is 24.4 Å². The van der Waals surface area contributed by atoms with Gasteiger partial charge in [-0.15, -0.1) is 0 Å². The van der Waals surface area contributed by atoms with Crippen molar-refractivity contribution < 1.29 is 19.0 Å². The number of β-amino-alcohol motifs (C(OH)–C–C–N with tert-alkyl or cyclic N) is 1. The molecule has 0 bridgehead atoms. The van der Waals surface area contributed by atoms with Crippen molar-refractivity contribution in [2.24, 2.45) is 5.41 Å². The van der Waals surface area contributed by atoms with E-state index in [-0.39, 0.29) is 23.2 Å². The highest BCUT2D eigenvalue weighted by molar-refractivity contribution is 6.34. The molecular formula is C36H44ClFN6O3. The van der Waals surface area contributed by atoms with E-state index in [2.05, 4.69) is 19.0 Å². The van der Waals surface area contributed by atoms with Crippen LogP contribution in [0.5, 0.6) is 6.01 Å². The van der Waals surface area contributed by atoms with Crippen LogP contribution in [0.3, 0.4) is 0 Å². The van der Waals surface area contributed by atoms with Gasteiger partial charge in [-0.25, -0.2) is 9.07 Å². The minimum atomic E-state index is -0.880. The summed E-state index contributed by atoms with van der Waals surface area (Å²) in [4.78, 5) is 13.8. The lowest BCUT2D eigenvalue weighted by molar-refractivity contribution is -0.0366. The van der Waals surface area contributed by atoms with Crippen LogP contribution in [-0.4, -0.2) is 82.3 Å². The van der Waals surface area contributed by atoms with Gasteiger partial charge in [-0.3, -0.25) is 0 Å². The summed E-state index contributed by atoms with van der Waals surface area (Å²) in [5.41, 5.74) is 1.87. The Balaban J connectivity index is 1.38. The minimum Gasteiger partial charge on any atom is -0.463 e. The number of nitrogens with zero attached hydrogens (tertiary/aromatic N) is 6. The molecule has 2 aromatic heterocycles. The zero-order valence-electron chi connectivity index (χ0n) is 27.7. The molecule has 4 heterocycles. The van der Waals surface area contributed by atoms with Crippen LogP contribution in [0.1, 0.15) is 70.6 Å². The third-order valence-electron chi connectivity index (χ3n) is 9.78. The number of allylic oxidation sites excluding steroid dienone is 1. The number of piperidine rings is 1. The predicted molar refractivity (Wildman–Crippen MR) is 185 cm³/mol. The Bertz CT molecular complexity index is 1830. The number of aromatic nitrogens is 4. The highest BCUT2D eigenvalue weighted by atomic mass is 35.5. The van der Waals surface area contributed by atoms with E-state index in [1.165, 1.54) is 0 Å². The van der Waals surface area contributed by atoms with Gasteiger partial charge in [0.2, 0.25) is 0 Å². The molecule has 4 aromatic rings. The highest BCUT2D eigenvalue weighted by Crippen LogP contribution is 2.47. The van der Waals surface area contributed by atoms with E-state index < -0.39 is 11.4 Å². The maximum absolute atomic E-state index is 17.2. The quantitative estimate of drug-likeness (QED) is 0.201. The Kier molecular flexibility index (Phi) is 8.66. The van der Waals surface area contributed by atoms with Crippen LogP contribution < -0.4 is 9.64 Å². The van der Waals surface area contributed by atoms with Gasteiger partial charge in [-0.1, -0.05) is 29.8 Å². The van der Waals surface area contributed by atoms with E-state index in [4.69, 9.17) is 36.1 Å². The van der Waals surface area contributed by atoms with E-state index in [1.807, 2.05) is 47.7 Å². The molecule has 7 rings (SSSR count). The largest absolute Gasteiger partial charge is 0.463 e. The van der Waals surface area contributed by atoms with Crippen molar-refractivity contribution in [1.29, 1.82) is 0 Å². The molecule has 3 aliphatic rings. The summed E-state index contributed by atoms with van der Waals surface area (Å²) < 4.78 is 31.4. The molecule has 250 valence electrons. The molecule has 11 heteroatoms. The van der Waals surface area contributed by atoms with Crippen molar-refractivity contribution in [3.8, 4) is 17.1 Å². The first-order valence-corrected chi connectivity index (χ1v) is 17.2. The van der Waals surface area contributed by atoms with Gasteiger partial charge in [0.05, 0.1) is 28.9 Å². The number of ether oxygens (including phenoxy) is 2. The number of halogens is 2. The van der Waals surface area contributed by atoms with Gasteiger partial charge in [0.25, 0.3) is 0 Å². The Morgan fingerprint density at radius 1 is 1.17 bits per heavy atom. The normalized spacial score (nSPS) is 23.0. The van der Waals surface area contributed by atoms with Crippen molar-refractivity contribution in [3.05, 3.63) is 46.9 Å². The Morgan fingerprint density at radius 3 is 2.70 bits per heavy atom. The average molecular weight is 663 g/mol. The fourth-order valence-electron chi connectivity index (χ4n) is 7.37. The highest BCUT2D eigenvalue weighted by Gasteiger charge is 2.44. The molecule has 47 heavy (non-hydrogen) atoms. The van der Waals surface area contributed by atoms with Crippen molar-refractivity contribution in [1.82, 2.24) is 24.6 Å². The summed E-state index contributed by atoms with van der Waals surface area (Å²) in [6, 6.07) is 5.71. The third-order valence-corrected chi connectivity index (χ3v) is 10.1. The molecule has 1 saturated carbocycles. The molecule has 0 radical (unpaired) electrons. The van der Waals surface area contributed by atoms with E-state index in [9.17, 15) is 5.11 Å². The first kappa shape index (κ1) is 32.2. The fraction of sp³-hybridized carbons (Fsp3) is 0.528. The van der Waals surface area contributed by atoms with Crippen molar-refractivity contribution >= 4 is 45.3 Å². The second-order valence-electron chi connectivity index (χ2n) is 14.2. The molecule has 3 fully saturated rings. The van der Waals surface area contributed by atoms with Gasteiger partial charge in [0.1, 0.15) is 11.3 Å². The average Bonchev–Trinajstić information content (AvgIpc) is 3.67. The summed E-state index contributed by atoms with van der Waals surface area (Å²) in [5.74, 6) is 0.0882. The van der Waals surface area contributed by atoms with E-state index in [0.717, 1.165) is 56.0 Å². The lowest BCUT2D eigenvalue weighted by Gasteiger charge is -2.38. The summed E-state index contributed by atoms with van der Waals surface area (Å²) >= 11 is 6.94. The summed E-state index contributed by atoms with van der Waals surface area (Å²) in [6.45, 7) is 6.87. The minimum absolute atomic E-state index is 0.0488. The van der Waals surface area contributed by atoms with Crippen LogP contribution in [0.15, 0.2) is 30.5 Å². The van der Waals surface area contributed by atoms with Crippen molar-refractivity contribution in [2.75, 3.05) is 51.8 Å². The van der Waals surface area contributed by atoms with E-state index in [1.54, 1.807) is 12.3 Å². The molecule has 0 spiro atoms. The molecular weight excluding hydrogens is 619 g/mol. The van der Waals surface area contributed by atoms with Crippen molar-refractivity contribution in [3.63, 3.8) is 0 Å². The molecule has 2 atom stereocenters. The molecule has 2 aliphatic heterocycles. The molecule has 2 aromatic carbocycles. The zero-order chi connectivity index (χ0) is 32.9. The second kappa shape index (κ2) is 12.6. The maximum atomic E-state index is 17.2. The number of rotatable bonds is 9. The van der Waals surface area contributed by atoms with Crippen LogP contribution in [0.2, 0.25) is 5.02 Å².